The van der Waals surface area contributed by atoms with Gasteiger partial charge in [0.1, 0.15) is 0 Å². The SMILES string of the molecule is C1=C2CCCCC2CC2C1=CC=C1N=c3c(ccc4cc5ccccc5cc34)=NC12. The van der Waals surface area contributed by atoms with Crippen LogP contribution in [-0.2, 0) is 0 Å². The molecule has 0 saturated heterocycles. The van der Waals surface area contributed by atoms with E-state index in [1.54, 1.807) is 5.57 Å². The third kappa shape index (κ3) is 2.43. The highest BCUT2D eigenvalue weighted by Gasteiger charge is 2.37. The van der Waals surface area contributed by atoms with Gasteiger partial charge in [-0.3, -0.25) is 4.99 Å². The van der Waals surface area contributed by atoms with Gasteiger partial charge in [0.15, 0.2) is 0 Å². The predicted octanol–water partition coefficient (Wildman–Crippen LogP) is 5.57. The summed E-state index contributed by atoms with van der Waals surface area (Å²) in [6, 6.07) is 17.7. The molecule has 1 saturated carbocycles. The first kappa shape index (κ1) is 16.8. The van der Waals surface area contributed by atoms with Crippen LogP contribution in [0.2, 0.25) is 0 Å². The lowest BCUT2D eigenvalue weighted by atomic mass is 9.68. The van der Waals surface area contributed by atoms with Gasteiger partial charge in [0.2, 0.25) is 0 Å². The highest BCUT2D eigenvalue weighted by molar-refractivity contribution is 5.97. The van der Waals surface area contributed by atoms with Crippen molar-refractivity contribution in [3.8, 4) is 0 Å². The Morgan fingerprint density at radius 2 is 1.77 bits per heavy atom. The fraction of sp³-hybridized carbons (Fsp3) is 0.286. The number of nitrogens with zero attached hydrogens (tertiary/aromatic N) is 2. The summed E-state index contributed by atoms with van der Waals surface area (Å²) in [6.07, 6.45) is 13.7. The molecule has 3 atom stereocenters. The number of benzene rings is 3. The van der Waals surface area contributed by atoms with E-state index in [2.05, 4.69) is 66.8 Å². The van der Waals surface area contributed by atoms with Crippen molar-refractivity contribution in [1.29, 1.82) is 0 Å². The molecule has 0 aromatic heterocycles. The Kier molecular flexibility index (Phi) is 3.49. The predicted molar refractivity (Wildman–Crippen MR) is 122 cm³/mol. The monoisotopic (exact) mass is 388 g/mol. The van der Waals surface area contributed by atoms with Gasteiger partial charge in [0, 0.05) is 11.3 Å². The minimum atomic E-state index is 0.176. The van der Waals surface area contributed by atoms with Crippen molar-refractivity contribution < 1.29 is 0 Å². The van der Waals surface area contributed by atoms with Crippen LogP contribution in [0.15, 0.2) is 93.6 Å². The fourth-order valence-electron chi connectivity index (χ4n) is 6.05. The average molecular weight is 389 g/mol. The number of hydrogen-bond donors (Lipinski definition) is 0. The number of fused-ring (bicyclic) bond motifs is 8. The van der Waals surface area contributed by atoms with E-state index in [-0.39, 0.29) is 6.04 Å². The van der Waals surface area contributed by atoms with E-state index in [4.69, 9.17) is 9.98 Å². The molecule has 0 N–H and O–H groups in total. The molecule has 1 aliphatic heterocycles. The second-order valence-corrected chi connectivity index (χ2v) is 9.30. The molecule has 0 bridgehead atoms. The average Bonchev–Trinajstić information content (AvgIpc) is 2.80. The van der Waals surface area contributed by atoms with Crippen LogP contribution < -0.4 is 10.7 Å². The lowest BCUT2D eigenvalue weighted by Gasteiger charge is -2.39. The summed E-state index contributed by atoms with van der Waals surface area (Å²) in [5, 5.41) is 7.09. The molecule has 0 amide bonds. The summed E-state index contributed by atoms with van der Waals surface area (Å²) in [5.74, 6) is 1.25. The molecule has 2 nitrogen and oxygen atoms in total. The lowest BCUT2D eigenvalue weighted by molar-refractivity contribution is 0.338. The van der Waals surface area contributed by atoms with E-state index in [0.29, 0.717) is 5.92 Å². The van der Waals surface area contributed by atoms with Gasteiger partial charge in [-0.15, -0.1) is 0 Å². The van der Waals surface area contributed by atoms with Crippen molar-refractivity contribution >= 4 is 21.5 Å². The van der Waals surface area contributed by atoms with E-state index in [1.807, 2.05) is 0 Å². The van der Waals surface area contributed by atoms with Crippen molar-refractivity contribution in [3.05, 3.63) is 94.3 Å². The minimum Gasteiger partial charge on any atom is -0.273 e. The molecular weight excluding hydrogens is 364 g/mol. The molecule has 3 aromatic carbocycles. The van der Waals surface area contributed by atoms with Gasteiger partial charge in [-0.05, 0) is 77.6 Å². The van der Waals surface area contributed by atoms with Crippen molar-refractivity contribution in [2.75, 3.05) is 0 Å². The van der Waals surface area contributed by atoms with Crippen LogP contribution in [0.5, 0.6) is 0 Å². The highest BCUT2D eigenvalue weighted by Crippen LogP contribution is 2.45. The molecule has 1 heterocycles. The molecule has 3 aliphatic carbocycles. The quantitative estimate of drug-likeness (QED) is 0.450. The Labute approximate surface area is 176 Å². The molecule has 146 valence electrons. The van der Waals surface area contributed by atoms with Gasteiger partial charge in [-0.25, -0.2) is 4.99 Å². The van der Waals surface area contributed by atoms with E-state index < -0.39 is 0 Å². The molecule has 0 radical (unpaired) electrons. The van der Waals surface area contributed by atoms with Gasteiger partial charge in [0.25, 0.3) is 0 Å². The number of allylic oxidation sites excluding steroid dienone is 4. The normalized spacial score (nSPS) is 26.8. The van der Waals surface area contributed by atoms with E-state index >= 15 is 0 Å². The molecule has 4 aliphatic rings. The maximum atomic E-state index is 5.29. The molecule has 30 heavy (non-hydrogen) atoms. The van der Waals surface area contributed by atoms with Gasteiger partial charge in [0.05, 0.1) is 22.5 Å². The van der Waals surface area contributed by atoms with Gasteiger partial charge in [-0.2, -0.15) is 0 Å². The number of rotatable bonds is 0. The maximum absolute atomic E-state index is 5.29. The Morgan fingerprint density at radius 1 is 0.867 bits per heavy atom. The Hall–Kier alpha value is -3.00. The van der Waals surface area contributed by atoms with E-state index in [9.17, 15) is 0 Å². The smallest absolute Gasteiger partial charge is 0.0996 e. The van der Waals surface area contributed by atoms with Crippen LogP contribution >= 0.6 is 0 Å². The third-order valence-corrected chi connectivity index (χ3v) is 7.60. The maximum Gasteiger partial charge on any atom is 0.0996 e. The largest absolute Gasteiger partial charge is 0.273 e. The molecule has 1 fully saturated rings. The second-order valence-electron chi connectivity index (χ2n) is 9.30. The van der Waals surface area contributed by atoms with Crippen molar-refractivity contribution in [2.24, 2.45) is 21.8 Å². The van der Waals surface area contributed by atoms with Gasteiger partial charge in [-0.1, -0.05) is 54.5 Å². The first-order valence-corrected chi connectivity index (χ1v) is 11.3. The van der Waals surface area contributed by atoms with E-state index in [0.717, 1.165) is 22.3 Å². The molecule has 3 unspecified atom stereocenters. The zero-order chi connectivity index (χ0) is 19.7. The molecule has 7 rings (SSSR count). The summed E-state index contributed by atoms with van der Waals surface area (Å²) in [4.78, 5) is 10.5. The summed E-state index contributed by atoms with van der Waals surface area (Å²) < 4.78 is 0. The minimum absolute atomic E-state index is 0.176. The topological polar surface area (TPSA) is 24.7 Å². The standard InChI is InChI=1S/C28H24N2/c1-3-7-19-15-23-21(13-17(19)5-1)9-11-25-27(23)29-26-12-10-22-14-18-6-2-4-8-20(18)16-24(22)28(26)30-25/h1,3,5,7,9-15,20,24,28H,2,4,6,8,16H2. The van der Waals surface area contributed by atoms with Crippen LogP contribution in [0.4, 0.5) is 0 Å². The Morgan fingerprint density at radius 3 is 2.70 bits per heavy atom. The van der Waals surface area contributed by atoms with Crippen LogP contribution in [-0.4, -0.2) is 6.04 Å². The van der Waals surface area contributed by atoms with Crippen LogP contribution in [0.3, 0.4) is 0 Å². The Balaban J connectivity index is 1.42. The Bertz CT molecular complexity index is 1440. The van der Waals surface area contributed by atoms with Crippen LogP contribution in [0, 0.1) is 11.8 Å². The zero-order valence-electron chi connectivity index (χ0n) is 17.0. The summed E-state index contributed by atoms with van der Waals surface area (Å²) in [6.45, 7) is 0. The van der Waals surface area contributed by atoms with Crippen LogP contribution in [0.25, 0.3) is 21.5 Å². The van der Waals surface area contributed by atoms with Crippen LogP contribution in [0.1, 0.15) is 32.1 Å². The third-order valence-electron chi connectivity index (χ3n) is 7.60. The summed E-state index contributed by atoms with van der Waals surface area (Å²) in [7, 11) is 0. The molecule has 3 aromatic rings. The highest BCUT2D eigenvalue weighted by atomic mass is 14.9. The zero-order valence-corrected chi connectivity index (χ0v) is 17.0. The fourth-order valence-corrected chi connectivity index (χ4v) is 6.05. The van der Waals surface area contributed by atoms with E-state index in [1.165, 1.54) is 59.2 Å². The lowest BCUT2D eigenvalue weighted by Crippen LogP contribution is -2.39. The van der Waals surface area contributed by atoms with Gasteiger partial charge >= 0.3 is 0 Å². The van der Waals surface area contributed by atoms with Crippen molar-refractivity contribution in [3.63, 3.8) is 0 Å². The van der Waals surface area contributed by atoms with Crippen molar-refractivity contribution in [1.82, 2.24) is 0 Å². The first-order valence-electron chi connectivity index (χ1n) is 11.3. The second kappa shape index (κ2) is 6.25. The molecular formula is C28H24N2. The summed E-state index contributed by atoms with van der Waals surface area (Å²) >= 11 is 0. The summed E-state index contributed by atoms with van der Waals surface area (Å²) in [5.41, 5.74) is 4.31. The van der Waals surface area contributed by atoms with Gasteiger partial charge < -0.3 is 0 Å². The number of hydrogen-bond acceptors (Lipinski definition) is 2. The van der Waals surface area contributed by atoms with Crippen molar-refractivity contribution in [2.45, 2.75) is 38.1 Å². The molecule has 0 spiro atoms. The molecule has 2 heteroatoms. The first-order chi connectivity index (χ1) is 14.8.